The van der Waals surface area contributed by atoms with Gasteiger partial charge < -0.3 is 10.1 Å². The Morgan fingerprint density at radius 2 is 1.90 bits per heavy atom. The smallest absolute Gasteiger partial charge is 0.242 e. The maximum absolute atomic E-state index is 12.3. The lowest BCUT2D eigenvalue weighted by molar-refractivity contribution is 0.185. The van der Waals surface area contributed by atoms with Crippen molar-refractivity contribution < 1.29 is 13.2 Å². The summed E-state index contributed by atoms with van der Waals surface area (Å²) in [6.07, 6.45) is 1.08. The molecule has 1 aromatic rings. The summed E-state index contributed by atoms with van der Waals surface area (Å²) in [5, 5.41) is 3.28. The van der Waals surface area contributed by atoms with Crippen LogP contribution in [0.4, 0.5) is 0 Å². The van der Waals surface area contributed by atoms with Crippen LogP contribution in [0.1, 0.15) is 18.9 Å². The fourth-order valence-corrected chi connectivity index (χ4v) is 2.86. The molecule has 20 heavy (non-hydrogen) atoms. The summed E-state index contributed by atoms with van der Waals surface area (Å²) in [6, 6.07) is 7.00. The Bertz CT molecular complexity index is 486. The number of likely N-dealkylation sites (N-methyl/N-ethyl adjacent to an activating group) is 1. The summed E-state index contributed by atoms with van der Waals surface area (Å²) in [4.78, 5) is 0.315. The number of sulfonamides is 1. The zero-order valence-electron chi connectivity index (χ0n) is 12.4. The van der Waals surface area contributed by atoms with Crippen LogP contribution in [0, 0.1) is 0 Å². The third-order valence-corrected chi connectivity index (χ3v) is 4.87. The predicted octanol–water partition coefficient (Wildman–Crippen LogP) is 1.45. The molecule has 6 heteroatoms. The van der Waals surface area contributed by atoms with E-state index in [4.69, 9.17) is 4.74 Å². The predicted molar refractivity (Wildman–Crippen MR) is 80.1 cm³/mol. The monoisotopic (exact) mass is 300 g/mol. The van der Waals surface area contributed by atoms with Crippen molar-refractivity contribution in [3.63, 3.8) is 0 Å². The molecule has 0 radical (unpaired) electrons. The quantitative estimate of drug-likeness (QED) is 0.701. The van der Waals surface area contributed by atoms with Crippen LogP contribution >= 0.6 is 0 Å². The molecule has 0 aliphatic rings. The van der Waals surface area contributed by atoms with Gasteiger partial charge in [0.2, 0.25) is 10.0 Å². The summed E-state index contributed by atoms with van der Waals surface area (Å²) < 4.78 is 30.7. The lowest BCUT2D eigenvalue weighted by Crippen LogP contribution is -2.30. The lowest BCUT2D eigenvalue weighted by Gasteiger charge is -2.16. The molecule has 1 N–H and O–H groups in total. The minimum absolute atomic E-state index is 0.315. The van der Waals surface area contributed by atoms with Gasteiger partial charge in [0.25, 0.3) is 0 Å². The first kappa shape index (κ1) is 17.1. The van der Waals surface area contributed by atoms with E-state index in [9.17, 15) is 8.42 Å². The van der Waals surface area contributed by atoms with Gasteiger partial charge in [-0.2, -0.15) is 4.31 Å². The zero-order chi connectivity index (χ0) is 15.0. The van der Waals surface area contributed by atoms with Gasteiger partial charge in [0.05, 0.1) is 11.5 Å². The molecule has 0 spiro atoms. The Kier molecular flexibility index (Phi) is 7.15. The topological polar surface area (TPSA) is 58.6 Å². The summed E-state index contributed by atoms with van der Waals surface area (Å²) in [6.45, 7) is 4.55. The van der Waals surface area contributed by atoms with Crippen LogP contribution in [-0.2, 0) is 21.3 Å². The van der Waals surface area contributed by atoms with Gasteiger partial charge in [0, 0.05) is 27.2 Å². The van der Waals surface area contributed by atoms with Gasteiger partial charge in [-0.05, 0) is 30.7 Å². The average Bonchev–Trinajstić information content (AvgIpc) is 2.45. The summed E-state index contributed by atoms with van der Waals surface area (Å²) in [7, 11) is -0.306. The van der Waals surface area contributed by atoms with E-state index in [0.29, 0.717) is 18.0 Å². The number of ether oxygens (including phenoxy) is 1. The molecule has 0 atom stereocenters. The second-order valence-electron chi connectivity index (χ2n) is 4.64. The van der Waals surface area contributed by atoms with Crippen LogP contribution < -0.4 is 5.32 Å². The fourth-order valence-electron chi connectivity index (χ4n) is 1.71. The first-order valence-electron chi connectivity index (χ1n) is 6.77. The molecular formula is C14H24N2O3S. The molecule has 0 bridgehead atoms. The van der Waals surface area contributed by atoms with Crippen LogP contribution in [-0.4, -0.2) is 46.6 Å². The molecular weight excluding hydrogens is 276 g/mol. The van der Waals surface area contributed by atoms with Gasteiger partial charge in [-0.25, -0.2) is 8.42 Å². The molecule has 0 saturated carbocycles. The third-order valence-electron chi connectivity index (χ3n) is 3.00. The molecule has 0 saturated heterocycles. The number of nitrogens with zero attached hydrogens (tertiary/aromatic N) is 1. The van der Waals surface area contributed by atoms with Crippen LogP contribution in [0.2, 0.25) is 0 Å². The van der Waals surface area contributed by atoms with Crippen LogP contribution in [0.3, 0.4) is 0 Å². The van der Waals surface area contributed by atoms with Crippen LogP contribution in [0.15, 0.2) is 29.2 Å². The Morgan fingerprint density at radius 1 is 1.25 bits per heavy atom. The number of methoxy groups -OCH3 is 1. The maximum atomic E-state index is 12.3. The summed E-state index contributed by atoms with van der Waals surface area (Å²) >= 11 is 0. The number of hydrogen-bond acceptors (Lipinski definition) is 4. The molecule has 0 heterocycles. The zero-order valence-corrected chi connectivity index (χ0v) is 13.2. The van der Waals surface area contributed by atoms with Crippen molar-refractivity contribution in [3.05, 3.63) is 29.8 Å². The normalized spacial score (nSPS) is 12.0. The van der Waals surface area contributed by atoms with Crippen molar-refractivity contribution in [2.75, 3.05) is 33.9 Å². The first-order chi connectivity index (χ1) is 9.52. The molecule has 0 amide bonds. The van der Waals surface area contributed by atoms with Crippen molar-refractivity contribution in [3.8, 4) is 0 Å². The molecule has 114 valence electrons. The van der Waals surface area contributed by atoms with Gasteiger partial charge >= 0.3 is 0 Å². The van der Waals surface area contributed by atoms with E-state index in [0.717, 1.165) is 25.1 Å². The van der Waals surface area contributed by atoms with E-state index >= 15 is 0 Å². The lowest BCUT2D eigenvalue weighted by atomic mass is 10.2. The number of hydrogen-bond donors (Lipinski definition) is 1. The minimum atomic E-state index is -3.42. The number of benzene rings is 1. The van der Waals surface area contributed by atoms with Gasteiger partial charge in [0.1, 0.15) is 0 Å². The molecule has 0 aliphatic carbocycles. The highest BCUT2D eigenvalue weighted by Gasteiger charge is 2.19. The summed E-state index contributed by atoms with van der Waals surface area (Å²) in [5.74, 6) is 0. The number of rotatable bonds is 9. The van der Waals surface area contributed by atoms with E-state index in [1.54, 1.807) is 26.3 Å². The van der Waals surface area contributed by atoms with Crippen LogP contribution in [0.25, 0.3) is 0 Å². The van der Waals surface area contributed by atoms with Gasteiger partial charge in [-0.3, -0.25) is 0 Å². The summed E-state index contributed by atoms with van der Waals surface area (Å²) in [5.41, 5.74) is 1.08. The Labute approximate surface area is 122 Å². The molecule has 0 unspecified atom stereocenters. The van der Waals surface area contributed by atoms with Gasteiger partial charge in [-0.15, -0.1) is 0 Å². The Balaban J connectivity index is 2.71. The average molecular weight is 300 g/mol. The highest BCUT2D eigenvalue weighted by Crippen LogP contribution is 2.15. The minimum Gasteiger partial charge on any atom is -0.383 e. The van der Waals surface area contributed by atoms with E-state index in [-0.39, 0.29) is 0 Å². The van der Waals surface area contributed by atoms with Crippen LogP contribution in [0.5, 0.6) is 0 Å². The highest BCUT2D eigenvalue weighted by atomic mass is 32.2. The molecule has 5 nitrogen and oxygen atoms in total. The fraction of sp³-hybridized carbons (Fsp3) is 0.571. The van der Waals surface area contributed by atoms with Crippen molar-refractivity contribution in [2.24, 2.45) is 0 Å². The SMILES string of the molecule is CCCNCc1ccc(S(=O)(=O)N(C)CCOC)cc1. The maximum Gasteiger partial charge on any atom is 0.242 e. The molecule has 0 fully saturated rings. The van der Waals surface area contributed by atoms with Crippen molar-refractivity contribution in [1.82, 2.24) is 9.62 Å². The number of nitrogens with one attached hydrogen (secondary N) is 1. The van der Waals surface area contributed by atoms with E-state index in [2.05, 4.69) is 12.2 Å². The van der Waals surface area contributed by atoms with Crippen molar-refractivity contribution >= 4 is 10.0 Å². The highest BCUT2D eigenvalue weighted by molar-refractivity contribution is 7.89. The van der Waals surface area contributed by atoms with E-state index in [1.165, 1.54) is 4.31 Å². The second-order valence-corrected chi connectivity index (χ2v) is 6.68. The third kappa shape index (κ3) is 4.86. The van der Waals surface area contributed by atoms with Gasteiger partial charge in [-0.1, -0.05) is 19.1 Å². The standard InChI is InChI=1S/C14H24N2O3S/c1-4-9-15-12-13-5-7-14(8-6-13)20(17,18)16(2)10-11-19-3/h5-8,15H,4,9-12H2,1-3H3. The van der Waals surface area contributed by atoms with Gasteiger partial charge in [0.15, 0.2) is 0 Å². The second kappa shape index (κ2) is 8.36. The molecule has 1 rings (SSSR count). The van der Waals surface area contributed by atoms with E-state index in [1.807, 2.05) is 12.1 Å². The van der Waals surface area contributed by atoms with E-state index < -0.39 is 10.0 Å². The molecule has 1 aromatic carbocycles. The first-order valence-corrected chi connectivity index (χ1v) is 8.21. The Morgan fingerprint density at radius 3 is 2.45 bits per heavy atom. The van der Waals surface area contributed by atoms with Crippen molar-refractivity contribution in [1.29, 1.82) is 0 Å². The molecule has 0 aliphatic heterocycles. The largest absolute Gasteiger partial charge is 0.383 e. The Hall–Kier alpha value is -0.950. The van der Waals surface area contributed by atoms with Crippen molar-refractivity contribution in [2.45, 2.75) is 24.8 Å². The molecule has 0 aromatic heterocycles.